The van der Waals surface area contributed by atoms with Gasteiger partial charge >= 0.3 is 0 Å². The summed E-state index contributed by atoms with van der Waals surface area (Å²) in [6.45, 7) is 1.87. The van der Waals surface area contributed by atoms with Crippen LogP contribution in [0.25, 0.3) is 0 Å². The van der Waals surface area contributed by atoms with E-state index < -0.39 is 0 Å². The van der Waals surface area contributed by atoms with E-state index in [0.717, 1.165) is 21.3 Å². The van der Waals surface area contributed by atoms with Crippen molar-refractivity contribution in [2.45, 2.75) is 13.5 Å². The molecule has 0 heterocycles. The van der Waals surface area contributed by atoms with E-state index in [4.69, 9.17) is 14.6 Å². The number of rotatable bonds is 3. The monoisotopic (exact) mass is 260 g/mol. The third-order valence-corrected chi connectivity index (χ3v) is 2.74. The Kier molecular flexibility index (Phi) is 3.77. The number of hydrogen-bond donors (Lipinski definition) is 1. The Balaban J connectivity index is 3.39. The largest absolute Gasteiger partial charge is 0.495 e. The molecule has 0 saturated carbocycles. The fraction of sp³-hybridized carbons (Fsp3) is 0.400. The maximum absolute atomic E-state index is 9.12. The van der Waals surface area contributed by atoms with Crippen LogP contribution in [0, 0.1) is 6.92 Å². The maximum atomic E-state index is 9.12. The lowest BCUT2D eigenvalue weighted by atomic mass is 10.1. The maximum Gasteiger partial charge on any atom is 0.142 e. The van der Waals surface area contributed by atoms with Gasteiger partial charge in [-0.15, -0.1) is 0 Å². The lowest BCUT2D eigenvalue weighted by Gasteiger charge is -2.14. The quantitative estimate of drug-likeness (QED) is 0.907. The molecular weight excluding hydrogens is 248 g/mol. The fourth-order valence-corrected chi connectivity index (χ4v) is 2.29. The SMILES string of the molecule is COc1c(C)cc(CO)c(OC)c1Br. The van der Waals surface area contributed by atoms with Crippen LogP contribution >= 0.6 is 15.9 Å². The third-order valence-electron chi connectivity index (χ3n) is 2.02. The molecule has 0 unspecified atom stereocenters. The number of aliphatic hydroxyl groups is 1. The van der Waals surface area contributed by atoms with Crippen LogP contribution in [-0.2, 0) is 6.61 Å². The molecule has 14 heavy (non-hydrogen) atoms. The van der Waals surface area contributed by atoms with Gasteiger partial charge in [-0.25, -0.2) is 0 Å². The summed E-state index contributed by atoms with van der Waals surface area (Å²) in [6.07, 6.45) is 0. The molecule has 0 saturated heterocycles. The molecule has 1 N–H and O–H groups in total. The second-order valence-electron chi connectivity index (χ2n) is 2.89. The van der Waals surface area contributed by atoms with Crippen molar-refractivity contribution in [1.29, 1.82) is 0 Å². The number of aliphatic hydroxyl groups excluding tert-OH is 1. The summed E-state index contributed by atoms with van der Waals surface area (Å²) in [5.41, 5.74) is 1.71. The van der Waals surface area contributed by atoms with Gasteiger partial charge in [0.05, 0.1) is 20.8 Å². The predicted octanol–water partition coefficient (Wildman–Crippen LogP) is 2.27. The zero-order valence-corrected chi connectivity index (χ0v) is 10.0. The van der Waals surface area contributed by atoms with Gasteiger partial charge in [0.2, 0.25) is 0 Å². The van der Waals surface area contributed by atoms with Crippen LogP contribution in [0.15, 0.2) is 10.5 Å². The molecule has 3 nitrogen and oxygen atoms in total. The van der Waals surface area contributed by atoms with Crippen LogP contribution in [0.5, 0.6) is 11.5 Å². The minimum absolute atomic E-state index is 0.0490. The van der Waals surface area contributed by atoms with Crippen LogP contribution in [0.4, 0.5) is 0 Å². The van der Waals surface area contributed by atoms with Gasteiger partial charge < -0.3 is 14.6 Å². The molecule has 0 aromatic heterocycles. The first kappa shape index (κ1) is 11.3. The Labute approximate surface area is 91.8 Å². The summed E-state index contributed by atoms with van der Waals surface area (Å²) in [5, 5.41) is 9.12. The Hall–Kier alpha value is -0.740. The summed E-state index contributed by atoms with van der Waals surface area (Å²) in [7, 11) is 3.17. The highest BCUT2D eigenvalue weighted by molar-refractivity contribution is 9.10. The fourth-order valence-electron chi connectivity index (χ4n) is 1.40. The molecule has 0 atom stereocenters. The molecule has 0 amide bonds. The highest BCUT2D eigenvalue weighted by Gasteiger charge is 2.14. The zero-order valence-electron chi connectivity index (χ0n) is 8.43. The number of halogens is 1. The molecule has 0 aliphatic heterocycles. The normalized spacial score (nSPS) is 10.1. The highest BCUT2D eigenvalue weighted by atomic mass is 79.9. The molecule has 0 aliphatic carbocycles. The van der Waals surface area contributed by atoms with E-state index in [-0.39, 0.29) is 6.61 Å². The van der Waals surface area contributed by atoms with E-state index in [0.29, 0.717) is 5.75 Å². The number of hydrogen-bond acceptors (Lipinski definition) is 3. The lowest BCUT2D eigenvalue weighted by molar-refractivity contribution is 0.272. The van der Waals surface area contributed by atoms with Crippen molar-refractivity contribution < 1.29 is 14.6 Å². The van der Waals surface area contributed by atoms with Crippen molar-refractivity contribution in [1.82, 2.24) is 0 Å². The number of ether oxygens (including phenoxy) is 2. The molecular formula is C10H13BrO3. The number of benzene rings is 1. The molecule has 0 fully saturated rings. The van der Waals surface area contributed by atoms with Gasteiger partial charge in [0.1, 0.15) is 16.0 Å². The average Bonchev–Trinajstić information content (AvgIpc) is 2.17. The minimum atomic E-state index is -0.0490. The van der Waals surface area contributed by atoms with Gasteiger partial charge in [-0.1, -0.05) is 0 Å². The Morgan fingerprint density at radius 1 is 1.29 bits per heavy atom. The highest BCUT2D eigenvalue weighted by Crippen LogP contribution is 2.39. The van der Waals surface area contributed by atoms with E-state index in [1.807, 2.05) is 13.0 Å². The molecule has 0 bridgehead atoms. The number of methoxy groups -OCH3 is 2. The smallest absolute Gasteiger partial charge is 0.142 e. The van der Waals surface area contributed by atoms with Crippen LogP contribution in [-0.4, -0.2) is 19.3 Å². The van der Waals surface area contributed by atoms with Crippen molar-refractivity contribution in [3.8, 4) is 11.5 Å². The minimum Gasteiger partial charge on any atom is -0.495 e. The molecule has 0 spiro atoms. The standard InChI is InChI=1S/C10H13BrO3/c1-6-4-7(5-12)10(14-3)8(11)9(6)13-2/h4,12H,5H2,1-3H3. The molecule has 0 radical (unpaired) electrons. The van der Waals surface area contributed by atoms with Gasteiger partial charge in [-0.05, 0) is 34.5 Å². The Morgan fingerprint density at radius 2 is 1.86 bits per heavy atom. The van der Waals surface area contributed by atoms with Crippen LogP contribution < -0.4 is 9.47 Å². The Bertz CT molecular complexity index is 337. The van der Waals surface area contributed by atoms with Crippen molar-refractivity contribution >= 4 is 15.9 Å². The van der Waals surface area contributed by atoms with Crippen molar-refractivity contribution in [3.05, 3.63) is 21.7 Å². The lowest BCUT2D eigenvalue weighted by Crippen LogP contribution is -1.98. The first-order valence-electron chi connectivity index (χ1n) is 4.16. The third kappa shape index (κ3) is 1.86. The van der Waals surface area contributed by atoms with Gasteiger partial charge in [0, 0.05) is 5.56 Å². The van der Waals surface area contributed by atoms with Gasteiger partial charge in [-0.2, -0.15) is 0 Å². The molecule has 1 aromatic carbocycles. The molecule has 1 aromatic rings. The van der Waals surface area contributed by atoms with Crippen molar-refractivity contribution in [2.75, 3.05) is 14.2 Å². The van der Waals surface area contributed by atoms with Crippen LogP contribution in [0.3, 0.4) is 0 Å². The van der Waals surface area contributed by atoms with Crippen LogP contribution in [0.1, 0.15) is 11.1 Å². The van der Waals surface area contributed by atoms with E-state index >= 15 is 0 Å². The molecule has 0 aliphatic rings. The van der Waals surface area contributed by atoms with Crippen LogP contribution in [0.2, 0.25) is 0 Å². The molecule has 1 rings (SSSR count). The summed E-state index contributed by atoms with van der Waals surface area (Å²) in [5.74, 6) is 1.36. The first-order chi connectivity index (χ1) is 6.65. The Morgan fingerprint density at radius 3 is 2.29 bits per heavy atom. The van der Waals surface area contributed by atoms with Crippen molar-refractivity contribution in [3.63, 3.8) is 0 Å². The van der Waals surface area contributed by atoms with E-state index in [9.17, 15) is 0 Å². The second kappa shape index (κ2) is 4.66. The first-order valence-corrected chi connectivity index (χ1v) is 4.95. The van der Waals surface area contributed by atoms with Crippen molar-refractivity contribution in [2.24, 2.45) is 0 Å². The zero-order chi connectivity index (χ0) is 10.7. The van der Waals surface area contributed by atoms with E-state index in [1.54, 1.807) is 14.2 Å². The summed E-state index contributed by atoms with van der Waals surface area (Å²) in [4.78, 5) is 0. The van der Waals surface area contributed by atoms with E-state index in [1.165, 1.54) is 0 Å². The number of aryl methyl sites for hydroxylation is 1. The summed E-state index contributed by atoms with van der Waals surface area (Å²) >= 11 is 3.38. The van der Waals surface area contributed by atoms with Gasteiger partial charge in [-0.3, -0.25) is 0 Å². The summed E-state index contributed by atoms with van der Waals surface area (Å²) in [6, 6.07) is 1.85. The summed E-state index contributed by atoms with van der Waals surface area (Å²) < 4.78 is 11.1. The van der Waals surface area contributed by atoms with Gasteiger partial charge in [0.25, 0.3) is 0 Å². The topological polar surface area (TPSA) is 38.7 Å². The molecule has 4 heteroatoms. The second-order valence-corrected chi connectivity index (χ2v) is 3.68. The molecule has 78 valence electrons. The predicted molar refractivity (Wildman–Crippen MR) is 57.9 cm³/mol. The van der Waals surface area contributed by atoms with Gasteiger partial charge in [0.15, 0.2) is 0 Å². The van der Waals surface area contributed by atoms with E-state index in [2.05, 4.69) is 15.9 Å². The average molecular weight is 261 g/mol.